The molecule has 2 aliphatic rings. The van der Waals surface area contributed by atoms with Gasteiger partial charge in [0.15, 0.2) is 5.82 Å². The standard InChI is InChI=1S/C57H42N4O/c1-61-52(43-20-10-4-11-21-43)37-51(60-57(61)45-22-12-5-13-23-45)42-30-26-38(27-31-42)46-34-35-47(55-54(46)48-24-14-15-25-53(48)62-55)39-28-32-44(33-29-39)56-58-49(40-16-6-2-7-17-40)36-50(59-56)41-18-8-3-9-19-41/h2-10,12-20,22-37,52H,11,21H2,1H3. The number of para-hydroxylation sites is 1. The SMILES string of the molecule is CN1C(c2ccccc2)=NC(c2ccc(-c3ccc(-c4ccc(-c5nc(-c6ccccc6)cc(-c6ccccc6)n5)cc4)c4oc5ccccc5c34)cc2)=CC1C1=CC=CCC1. The largest absolute Gasteiger partial charge is 0.455 e. The first kappa shape index (κ1) is 37.1. The van der Waals surface area contributed by atoms with Gasteiger partial charge in [0.25, 0.3) is 0 Å². The summed E-state index contributed by atoms with van der Waals surface area (Å²) in [4.78, 5) is 17.7. The van der Waals surface area contributed by atoms with Crippen LogP contribution in [0.4, 0.5) is 0 Å². The van der Waals surface area contributed by atoms with Gasteiger partial charge in [0.1, 0.15) is 17.0 Å². The van der Waals surface area contributed by atoms with Crippen molar-refractivity contribution in [1.82, 2.24) is 14.9 Å². The summed E-state index contributed by atoms with van der Waals surface area (Å²) in [5.74, 6) is 1.66. The molecule has 5 heteroatoms. The maximum Gasteiger partial charge on any atom is 0.160 e. The molecule has 0 radical (unpaired) electrons. The van der Waals surface area contributed by atoms with Gasteiger partial charge in [-0.05, 0) is 64.9 Å². The van der Waals surface area contributed by atoms with Gasteiger partial charge in [0.2, 0.25) is 0 Å². The molecule has 3 heterocycles. The highest BCUT2D eigenvalue weighted by atomic mass is 16.3. The van der Waals surface area contributed by atoms with Crippen LogP contribution in [0, 0.1) is 0 Å². The Balaban J connectivity index is 0.961. The van der Waals surface area contributed by atoms with Gasteiger partial charge in [-0.1, -0.05) is 182 Å². The molecule has 1 atom stereocenters. The number of furan rings is 1. The number of fused-ring (bicyclic) bond motifs is 3. The summed E-state index contributed by atoms with van der Waals surface area (Å²) in [6.07, 6.45) is 11.1. The number of benzene rings is 7. The quantitative estimate of drug-likeness (QED) is 0.154. The Morgan fingerprint density at radius 1 is 0.548 bits per heavy atom. The predicted octanol–water partition coefficient (Wildman–Crippen LogP) is 14.1. The molecule has 5 nitrogen and oxygen atoms in total. The van der Waals surface area contributed by atoms with Crippen LogP contribution in [0.3, 0.4) is 0 Å². The van der Waals surface area contributed by atoms with E-state index in [0.29, 0.717) is 5.82 Å². The van der Waals surface area contributed by atoms with Crippen molar-refractivity contribution >= 4 is 33.5 Å². The van der Waals surface area contributed by atoms with Crippen LogP contribution >= 0.6 is 0 Å². The summed E-state index contributed by atoms with van der Waals surface area (Å²) in [6, 6.07) is 63.5. The van der Waals surface area contributed by atoms with Crippen LogP contribution in [0.15, 0.2) is 221 Å². The van der Waals surface area contributed by atoms with E-state index in [1.807, 2.05) is 42.5 Å². The number of likely N-dealkylation sites (N-methyl/N-ethyl adjacent to an activating group) is 1. The van der Waals surface area contributed by atoms with E-state index < -0.39 is 0 Å². The number of aromatic nitrogens is 2. The Morgan fingerprint density at radius 3 is 1.76 bits per heavy atom. The van der Waals surface area contributed by atoms with Gasteiger partial charge in [0.05, 0.1) is 23.1 Å². The fraction of sp³-hybridized carbons (Fsp3) is 0.0702. The Bertz CT molecular complexity index is 3160. The van der Waals surface area contributed by atoms with Crippen molar-refractivity contribution < 1.29 is 4.42 Å². The lowest BCUT2D eigenvalue weighted by molar-refractivity contribution is 0.455. The van der Waals surface area contributed by atoms with E-state index in [4.69, 9.17) is 19.4 Å². The molecular formula is C57H42N4O. The third-order valence-corrected chi connectivity index (χ3v) is 12.1. The zero-order valence-electron chi connectivity index (χ0n) is 34.3. The predicted molar refractivity (Wildman–Crippen MR) is 255 cm³/mol. The topological polar surface area (TPSA) is 54.5 Å². The van der Waals surface area contributed by atoms with E-state index in [2.05, 4.69) is 176 Å². The molecule has 1 aliphatic heterocycles. The van der Waals surface area contributed by atoms with Crippen molar-refractivity contribution in [3.8, 4) is 56.2 Å². The van der Waals surface area contributed by atoms with Crippen LogP contribution in [0.2, 0.25) is 0 Å². The Hall–Kier alpha value is -7.89. The fourth-order valence-electron chi connectivity index (χ4n) is 8.87. The van der Waals surface area contributed by atoms with Gasteiger partial charge in [0, 0.05) is 45.6 Å². The van der Waals surface area contributed by atoms with E-state index in [0.717, 1.165) is 108 Å². The fourth-order valence-corrected chi connectivity index (χ4v) is 8.87. The van der Waals surface area contributed by atoms with Crippen LogP contribution < -0.4 is 0 Å². The minimum Gasteiger partial charge on any atom is -0.455 e. The number of hydrogen-bond donors (Lipinski definition) is 0. The van der Waals surface area contributed by atoms with Crippen molar-refractivity contribution in [2.45, 2.75) is 18.9 Å². The van der Waals surface area contributed by atoms with Crippen LogP contribution in [0.25, 0.3) is 83.8 Å². The number of allylic oxidation sites excluding steroid dienone is 3. The normalized spacial score (nSPS) is 15.1. The van der Waals surface area contributed by atoms with Gasteiger partial charge < -0.3 is 9.32 Å². The summed E-state index contributed by atoms with van der Waals surface area (Å²) < 4.78 is 6.73. The van der Waals surface area contributed by atoms with Crippen molar-refractivity contribution in [3.63, 3.8) is 0 Å². The molecule has 0 spiro atoms. The Kier molecular flexibility index (Phi) is 9.55. The molecule has 0 fully saturated rings. The zero-order chi connectivity index (χ0) is 41.4. The first-order valence-electron chi connectivity index (χ1n) is 21.2. The minimum absolute atomic E-state index is 0.125. The minimum atomic E-state index is 0.125. The zero-order valence-corrected chi connectivity index (χ0v) is 34.3. The molecule has 1 aliphatic carbocycles. The first-order valence-corrected chi connectivity index (χ1v) is 21.2. The van der Waals surface area contributed by atoms with Crippen LogP contribution in [-0.4, -0.2) is 33.8 Å². The first-order chi connectivity index (χ1) is 30.6. The summed E-state index contributed by atoms with van der Waals surface area (Å²) >= 11 is 0. The average molecular weight is 799 g/mol. The molecule has 0 saturated heterocycles. The molecule has 9 aromatic rings. The Labute approximate surface area is 361 Å². The second-order valence-electron chi connectivity index (χ2n) is 15.9. The third-order valence-electron chi connectivity index (χ3n) is 12.1. The van der Waals surface area contributed by atoms with E-state index in [1.54, 1.807) is 0 Å². The van der Waals surface area contributed by atoms with Gasteiger partial charge >= 0.3 is 0 Å². The molecule has 2 aromatic heterocycles. The van der Waals surface area contributed by atoms with Gasteiger partial charge in [-0.3, -0.25) is 0 Å². The summed E-state index contributed by atoms with van der Waals surface area (Å²) in [7, 11) is 2.16. The molecule has 0 N–H and O–H groups in total. The second kappa shape index (κ2) is 15.9. The highest BCUT2D eigenvalue weighted by molar-refractivity contribution is 6.16. The number of hydrogen-bond acceptors (Lipinski definition) is 5. The van der Waals surface area contributed by atoms with Crippen LogP contribution in [0.1, 0.15) is 24.0 Å². The lowest BCUT2D eigenvalue weighted by atomic mass is 9.92. The van der Waals surface area contributed by atoms with Gasteiger partial charge in [-0.15, -0.1) is 0 Å². The molecular weight excluding hydrogens is 757 g/mol. The smallest absolute Gasteiger partial charge is 0.160 e. The number of amidine groups is 1. The van der Waals surface area contributed by atoms with Crippen molar-refractivity contribution in [3.05, 3.63) is 223 Å². The molecule has 1 unspecified atom stereocenters. The molecule has 62 heavy (non-hydrogen) atoms. The summed E-state index contributed by atoms with van der Waals surface area (Å²) in [5.41, 5.74) is 15.5. The lowest BCUT2D eigenvalue weighted by Crippen LogP contribution is -2.40. The maximum absolute atomic E-state index is 6.73. The Morgan fingerprint density at radius 2 is 1.11 bits per heavy atom. The van der Waals surface area contributed by atoms with Crippen molar-refractivity contribution in [2.24, 2.45) is 4.99 Å². The number of nitrogens with zero attached hydrogens (tertiary/aromatic N) is 4. The van der Waals surface area contributed by atoms with Gasteiger partial charge in [-0.25, -0.2) is 15.0 Å². The van der Waals surface area contributed by atoms with Crippen molar-refractivity contribution in [1.29, 1.82) is 0 Å². The number of aliphatic imine (C=N–C) groups is 1. The molecule has 11 rings (SSSR count). The van der Waals surface area contributed by atoms with E-state index in [-0.39, 0.29) is 6.04 Å². The average Bonchev–Trinajstić information content (AvgIpc) is 3.75. The third kappa shape index (κ3) is 6.93. The van der Waals surface area contributed by atoms with Crippen LogP contribution in [-0.2, 0) is 0 Å². The molecule has 0 saturated carbocycles. The lowest BCUT2D eigenvalue weighted by Gasteiger charge is -2.35. The van der Waals surface area contributed by atoms with E-state index >= 15 is 0 Å². The van der Waals surface area contributed by atoms with Crippen LogP contribution in [0.5, 0.6) is 0 Å². The monoisotopic (exact) mass is 798 g/mol. The van der Waals surface area contributed by atoms with E-state index in [9.17, 15) is 0 Å². The number of rotatable bonds is 8. The molecule has 0 amide bonds. The summed E-state index contributed by atoms with van der Waals surface area (Å²) in [6.45, 7) is 0. The van der Waals surface area contributed by atoms with Crippen molar-refractivity contribution in [2.75, 3.05) is 7.05 Å². The molecule has 7 aromatic carbocycles. The van der Waals surface area contributed by atoms with Gasteiger partial charge in [-0.2, -0.15) is 0 Å². The molecule has 0 bridgehead atoms. The second-order valence-corrected chi connectivity index (χ2v) is 15.9. The van der Waals surface area contributed by atoms with E-state index in [1.165, 1.54) is 5.57 Å². The maximum atomic E-state index is 6.73. The molecule has 296 valence electrons. The highest BCUT2D eigenvalue weighted by Gasteiger charge is 2.27. The highest BCUT2D eigenvalue weighted by Crippen LogP contribution is 2.43. The summed E-state index contributed by atoms with van der Waals surface area (Å²) in [5, 5.41) is 2.19.